The summed E-state index contributed by atoms with van der Waals surface area (Å²) in [6, 6.07) is 7.02. The minimum Gasteiger partial charge on any atom is -0.352 e. The number of benzene rings is 1. The van der Waals surface area contributed by atoms with E-state index in [1.54, 1.807) is 18.2 Å². The van der Waals surface area contributed by atoms with Gasteiger partial charge in [0.05, 0.1) is 0 Å². The molecular weight excluding hydrogens is 272 g/mol. The number of alkyl halides is 1. The lowest BCUT2D eigenvalue weighted by atomic mass is 10.1. The van der Waals surface area contributed by atoms with Crippen molar-refractivity contribution in [3.8, 4) is 0 Å². The fourth-order valence-electron chi connectivity index (χ4n) is 2.00. The standard InChI is InChI=1S/C12H15ClN2O2S/c1-9(2)15(8-7-13)12-10-5-3-4-6-11(10)18(16,17)14-12/h3-6,9H,7-8H2,1-2H3. The summed E-state index contributed by atoms with van der Waals surface area (Å²) < 4.78 is 27.8. The van der Waals surface area contributed by atoms with Crippen LogP contribution in [-0.4, -0.2) is 37.6 Å². The molecule has 0 radical (unpaired) electrons. The van der Waals surface area contributed by atoms with Gasteiger partial charge in [-0.2, -0.15) is 8.42 Å². The average Bonchev–Trinajstić information content (AvgIpc) is 2.59. The Morgan fingerprint density at radius 2 is 2.00 bits per heavy atom. The maximum atomic E-state index is 11.9. The van der Waals surface area contributed by atoms with Gasteiger partial charge in [-0.25, -0.2) is 0 Å². The quantitative estimate of drug-likeness (QED) is 0.800. The number of fused-ring (bicyclic) bond motifs is 1. The van der Waals surface area contributed by atoms with Gasteiger partial charge in [0.1, 0.15) is 4.90 Å². The minimum atomic E-state index is -3.55. The van der Waals surface area contributed by atoms with E-state index < -0.39 is 10.0 Å². The van der Waals surface area contributed by atoms with Crippen LogP contribution in [0.2, 0.25) is 0 Å². The zero-order valence-corrected chi connectivity index (χ0v) is 11.9. The molecule has 0 aliphatic carbocycles. The van der Waals surface area contributed by atoms with E-state index in [0.717, 1.165) is 0 Å². The first-order valence-corrected chi connectivity index (χ1v) is 7.72. The third-order valence-corrected chi connectivity index (χ3v) is 4.33. The highest BCUT2D eigenvalue weighted by Crippen LogP contribution is 2.28. The van der Waals surface area contributed by atoms with Crippen LogP contribution >= 0.6 is 11.6 Å². The first-order valence-electron chi connectivity index (χ1n) is 5.74. The molecule has 1 aromatic carbocycles. The molecule has 0 bridgehead atoms. The van der Waals surface area contributed by atoms with E-state index in [4.69, 9.17) is 11.6 Å². The molecule has 0 saturated heterocycles. The maximum absolute atomic E-state index is 11.9. The topological polar surface area (TPSA) is 49.7 Å². The number of nitrogens with zero attached hydrogens (tertiary/aromatic N) is 2. The van der Waals surface area contributed by atoms with Crippen molar-refractivity contribution < 1.29 is 8.42 Å². The van der Waals surface area contributed by atoms with Crippen LogP contribution in [0.3, 0.4) is 0 Å². The smallest absolute Gasteiger partial charge is 0.285 e. The molecule has 1 heterocycles. The second-order valence-corrected chi connectivity index (χ2v) is 6.31. The molecule has 0 aromatic heterocycles. The molecule has 0 atom stereocenters. The molecule has 4 nitrogen and oxygen atoms in total. The Morgan fingerprint density at radius 1 is 1.33 bits per heavy atom. The van der Waals surface area contributed by atoms with Gasteiger partial charge in [-0.3, -0.25) is 0 Å². The van der Waals surface area contributed by atoms with Gasteiger partial charge in [-0.05, 0) is 26.0 Å². The van der Waals surface area contributed by atoms with Crippen molar-refractivity contribution in [3.05, 3.63) is 29.8 Å². The molecule has 0 fully saturated rings. The summed E-state index contributed by atoms with van der Waals surface area (Å²) in [4.78, 5) is 2.19. The van der Waals surface area contributed by atoms with E-state index in [-0.39, 0.29) is 10.9 Å². The molecule has 1 aliphatic heterocycles. The third kappa shape index (κ3) is 2.24. The van der Waals surface area contributed by atoms with Gasteiger partial charge in [-0.1, -0.05) is 12.1 Å². The van der Waals surface area contributed by atoms with Crippen molar-refractivity contribution in [1.82, 2.24) is 4.90 Å². The van der Waals surface area contributed by atoms with Gasteiger partial charge < -0.3 is 4.90 Å². The lowest BCUT2D eigenvalue weighted by molar-refractivity contribution is 0.370. The summed E-state index contributed by atoms with van der Waals surface area (Å²) >= 11 is 5.77. The normalized spacial score (nSPS) is 16.6. The maximum Gasteiger partial charge on any atom is 0.285 e. The van der Waals surface area contributed by atoms with Crippen molar-refractivity contribution in [3.63, 3.8) is 0 Å². The number of rotatable bonds is 3. The zero-order chi connectivity index (χ0) is 13.3. The van der Waals surface area contributed by atoms with Crippen molar-refractivity contribution in [2.24, 2.45) is 4.40 Å². The number of sulfonamides is 1. The van der Waals surface area contributed by atoms with Gasteiger partial charge in [0.15, 0.2) is 5.84 Å². The third-order valence-electron chi connectivity index (χ3n) is 2.83. The minimum absolute atomic E-state index is 0.142. The molecule has 2 rings (SSSR count). The van der Waals surface area contributed by atoms with E-state index >= 15 is 0 Å². The molecule has 98 valence electrons. The van der Waals surface area contributed by atoms with Crippen molar-refractivity contribution in [1.29, 1.82) is 0 Å². The van der Waals surface area contributed by atoms with E-state index in [9.17, 15) is 8.42 Å². The summed E-state index contributed by atoms with van der Waals surface area (Å²) in [5.41, 5.74) is 0.663. The molecule has 1 aromatic rings. The lowest BCUT2D eigenvalue weighted by Crippen LogP contribution is -2.38. The van der Waals surface area contributed by atoms with Gasteiger partial charge >= 0.3 is 0 Å². The van der Waals surface area contributed by atoms with Gasteiger partial charge in [0, 0.05) is 24.0 Å². The average molecular weight is 287 g/mol. The Bertz CT molecular complexity index is 581. The van der Waals surface area contributed by atoms with E-state index in [1.807, 2.05) is 24.8 Å². The second-order valence-electron chi connectivity index (χ2n) is 4.36. The van der Waals surface area contributed by atoms with Crippen LogP contribution in [0, 0.1) is 0 Å². The first kappa shape index (κ1) is 13.4. The molecule has 6 heteroatoms. The van der Waals surface area contributed by atoms with Crippen LogP contribution in [0.4, 0.5) is 0 Å². The zero-order valence-electron chi connectivity index (χ0n) is 10.3. The Morgan fingerprint density at radius 3 is 2.61 bits per heavy atom. The highest BCUT2D eigenvalue weighted by molar-refractivity contribution is 7.90. The van der Waals surface area contributed by atoms with E-state index in [1.165, 1.54) is 0 Å². The molecule has 1 aliphatic rings. The fraction of sp³-hybridized carbons (Fsp3) is 0.417. The molecule has 0 unspecified atom stereocenters. The lowest BCUT2D eigenvalue weighted by Gasteiger charge is -2.27. The summed E-state index contributed by atoms with van der Waals surface area (Å²) in [5.74, 6) is 0.931. The second kappa shape index (κ2) is 4.90. The number of amidine groups is 1. The van der Waals surface area contributed by atoms with Crippen molar-refractivity contribution >= 4 is 27.5 Å². The van der Waals surface area contributed by atoms with Crippen LogP contribution in [-0.2, 0) is 10.0 Å². The molecule has 18 heavy (non-hydrogen) atoms. The monoisotopic (exact) mass is 286 g/mol. The van der Waals surface area contributed by atoms with Crippen LogP contribution in [0.25, 0.3) is 0 Å². The molecule has 0 amide bonds. The summed E-state index contributed by atoms with van der Waals surface area (Å²) in [6.45, 7) is 4.55. The number of hydrogen-bond acceptors (Lipinski definition) is 3. The molecular formula is C12H15ClN2O2S. The summed E-state index contributed by atoms with van der Waals surface area (Å²) in [5, 5.41) is 0. The van der Waals surface area contributed by atoms with Gasteiger partial charge in [0.25, 0.3) is 10.0 Å². The van der Waals surface area contributed by atoms with E-state index in [0.29, 0.717) is 23.8 Å². The highest BCUT2D eigenvalue weighted by atomic mass is 35.5. The molecule has 0 N–H and O–H groups in total. The van der Waals surface area contributed by atoms with Crippen LogP contribution < -0.4 is 0 Å². The van der Waals surface area contributed by atoms with Crippen molar-refractivity contribution in [2.75, 3.05) is 12.4 Å². The predicted octanol–water partition coefficient (Wildman–Crippen LogP) is 2.08. The Hall–Kier alpha value is -1.07. The van der Waals surface area contributed by atoms with E-state index in [2.05, 4.69) is 4.40 Å². The van der Waals surface area contributed by atoms with Crippen LogP contribution in [0.15, 0.2) is 33.6 Å². The van der Waals surface area contributed by atoms with Gasteiger partial charge in [0.2, 0.25) is 0 Å². The van der Waals surface area contributed by atoms with Crippen LogP contribution in [0.5, 0.6) is 0 Å². The fourth-order valence-corrected chi connectivity index (χ4v) is 3.39. The Kier molecular flexibility index (Phi) is 3.64. The molecule has 0 saturated carbocycles. The largest absolute Gasteiger partial charge is 0.352 e. The summed E-state index contributed by atoms with van der Waals surface area (Å²) in [7, 11) is -3.55. The SMILES string of the molecule is CC(C)N(CCCl)C1=NS(=O)(=O)c2ccccc21. The summed E-state index contributed by atoms with van der Waals surface area (Å²) in [6.07, 6.45) is 0. The highest BCUT2D eigenvalue weighted by Gasteiger charge is 2.32. The number of halogens is 1. The van der Waals surface area contributed by atoms with Gasteiger partial charge in [-0.15, -0.1) is 16.0 Å². The van der Waals surface area contributed by atoms with Crippen LogP contribution in [0.1, 0.15) is 19.4 Å². The molecule has 0 spiro atoms. The van der Waals surface area contributed by atoms with Crippen molar-refractivity contribution in [2.45, 2.75) is 24.8 Å². The number of hydrogen-bond donors (Lipinski definition) is 0. The Labute approximate surface area is 112 Å². The Balaban J connectivity index is 2.53. The first-order chi connectivity index (χ1) is 8.47. The predicted molar refractivity (Wildman–Crippen MR) is 72.7 cm³/mol.